The zero-order valence-corrected chi connectivity index (χ0v) is 7.66. The lowest BCUT2D eigenvalue weighted by atomic mass is 9.96. The van der Waals surface area contributed by atoms with Crippen LogP contribution in [-0.4, -0.2) is 36.0 Å². The maximum absolute atomic E-state index is 11.1. The number of rotatable bonds is 1. The lowest BCUT2D eigenvalue weighted by Gasteiger charge is -2.30. The van der Waals surface area contributed by atoms with Crippen molar-refractivity contribution in [2.45, 2.75) is 31.7 Å². The lowest BCUT2D eigenvalue weighted by Crippen LogP contribution is -2.40. The van der Waals surface area contributed by atoms with E-state index in [4.69, 9.17) is 9.47 Å². The van der Waals surface area contributed by atoms with Crippen molar-refractivity contribution in [2.75, 3.05) is 13.2 Å². The summed E-state index contributed by atoms with van der Waals surface area (Å²) in [6.07, 6.45) is 0.0144. The number of carbonyl (C=O) groups is 1. The summed E-state index contributed by atoms with van der Waals surface area (Å²) in [6, 6.07) is 0. The fourth-order valence-corrected chi connectivity index (χ4v) is 2.12. The third-order valence-corrected chi connectivity index (χ3v) is 2.88. The number of aliphatic hydroxyl groups excluding tert-OH is 1. The van der Waals surface area contributed by atoms with Crippen LogP contribution in [-0.2, 0) is 14.3 Å². The van der Waals surface area contributed by atoms with Crippen LogP contribution in [0.1, 0.15) is 19.8 Å². The predicted molar refractivity (Wildman–Crippen MR) is 44.0 cm³/mol. The van der Waals surface area contributed by atoms with Crippen LogP contribution in [0, 0.1) is 5.92 Å². The predicted octanol–water partition coefficient (Wildman–Crippen LogP) is 0.0894. The van der Waals surface area contributed by atoms with Crippen molar-refractivity contribution < 1.29 is 19.4 Å². The molecule has 0 spiro atoms. The number of hydrogen-bond donors (Lipinski definition) is 1. The summed E-state index contributed by atoms with van der Waals surface area (Å²) in [5.74, 6) is -0.841. The molecule has 2 unspecified atom stereocenters. The van der Waals surface area contributed by atoms with Gasteiger partial charge in [-0.05, 0) is 6.92 Å². The van der Waals surface area contributed by atoms with Crippen LogP contribution in [0.4, 0.5) is 0 Å². The SMILES string of the molecule is CC1(C2CC(=O)CC2O)OCCO1. The maximum atomic E-state index is 11.1. The summed E-state index contributed by atoms with van der Waals surface area (Å²) < 4.78 is 10.8. The van der Waals surface area contributed by atoms with E-state index in [1.165, 1.54) is 0 Å². The maximum Gasteiger partial charge on any atom is 0.171 e. The zero-order valence-electron chi connectivity index (χ0n) is 7.66. The lowest BCUT2D eigenvalue weighted by molar-refractivity contribution is -0.197. The quantitative estimate of drug-likeness (QED) is 0.630. The summed E-state index contributed by atoms with van der Waals surface area (Å²) in [7, 11) is 0. The van der Waals surface area contributed by atoms with E-state index in [0.29, 0.717) is 19.6 Å². The number of carbonyl (C=O) groups excluding carboxylic acids is 1. The largest absolute Gasteiger partial charge is 0.392 e. The van der Waals surface area contributed by atoms with Crippen molar-refractivity contribution >= 4 is 5.78 Å². The molecule has 1 heterocycles. The molecule has 2 aliphatic rings. The highest BCUT2D eigenvalue weighted by Gasteiger charge is 2.48. The Morgan fingerprint density at radius 2 is 2.00 bits per heavy atom. The molecule has 74 valence electrons. The molecule has 0 amide bonds. The first kappa shape index (κ1) is 9.12. The first-order valence-electron chi connectivity index (χ1n) is 4.59. The molecule has 1 saturated heterocycles. The summed E-state index contributed by atoms with van der Waals surface area (Å²) in [5.41, 5.74) is 0. The van der Waals surface area contributed by atoms with Gasteiger partial charge in [0.1, 0.15) is 5.78 Å². The Bertz CT molecular complexity index is 220. The van der Waals surface area contributed by atoms with Gasteiger partial charge in [-0.25, -0.2) is 0 Å². The van der Waals surface area contributed by atoms with Crippen molar-refractivity contribution in [1.82, 2.24) is 0 Å². The number of Topliss-reactive ketones (excluding diaryl/α,β-unsaturated/α-hetero) is 1. The Kier molecular flexibility index (Phi) is 2.14. The minimum Gasteiger partial charge on any atom is -0.392 e. The molecule has 1 N–H and O–H groups in total. The third-order valence-electron chi connectivity index (χ3n) is 2.88. The first-order valence-corrected chi connectivity index (χ1v) is 4.59. The van der Waals surface area contributed by atoms with E-state index in [1.54, 1.807) is 6.92 Å². The molecule has 4 heteroatoms. The average Bonchev–Trinajstić information content (AvgIpc) is 2.59. The average molecular weight is 186 g/mol. The molecule has 1 aliphatic carbocycles. The zero-order chi connectivity index (χ0) is 9.47. The number of aliphatic hydroxyl groups is 1. The molecule has 2 fully saturated rings. The summed E-state index contributed by atoms with van der Waals surface area (Å²) in [4.78, 5) is 11.1. The van der Waals surface area contributed by atoms with E-state index in [9.17, 15) is 9.90 Å². The highest BCUT2D eigenvalue weighted by Crippen LogP contribution is 2.37. The van der Waals surface area contributed by atoms with Gasteiger partial charge in [-0.15, -0.1) is 0 Å². The molecule has 1 saturated carbocycles. The van der Waals surface area contributed by atoms with Crippen LogP contribution in [0.2, 0.25) is 0 Å². The van der Waals surface area contributed by atoms with E-state index in [1.807, 2.05) is 0 Å². The van der Waals surface area contributed by atoms with Crippen LogP contribution in [0.25, 0.3) is 0 Å². The van der Waals surface area contributed by atoms with E-state index >= 15 is 0 Å². The monoisotopic (exact) mass is 186 g/mol. The van der Waals surface area contributed by atoms with Gasteiger partial charge in [0.15, 0.2) is 5.79 Å². The normalized spacial score (nSPS) is 38.5. The van der Waals surface area contributed by atoms with Crippen molar-refractivity contribution in [3.8, 4) is 0 Å². The van der Waals surface area contributed by atoms with Gasteiger partial charge in [0, 0.05) is 18.8 Å². The second-order valence-corrected chi connectivity index (χ2v) is 3.83. The van der Waals surface area contributed by atoms with Gasteiger partial charge in [0.05, 0.1) is 19.3 Å². The fraction of sp³-hybridized carbons (Fsp3) is 0.889. The van der Waals surface area contributed by atoms with Crippen molar-refractivity contribution in [1.29, 1.82) is 0 Å². The molecule has 0 radical (unpaired) electrons. The second-order valence-electron chi connectivity index (χ2n) is 3.83. The van der Waals surface area contributed by atoms with E-state index in [0.717, 1.165) is 0 Å². The van der Waals surface area contributed by atoms with Crippen LogP contribution < -0.4 is 0 Å². The molecular weight excluding hydrogens is 172 g/mol. The Morgan fingerprint density at radius 3 is 2.46 bits per heavy atom. The van der Waals surface area contributed by atoms with Gasteiger partial charge in [0.25, 0.3) is 0 Å². The van der Waals surface area contributed by atoms with E-state index in [-0.39, 0.29) is 18.1 Å². The van der Waals surface area contributed by atoms with Crippen LogP contribution >= 0.6 is 0 Å². The summed E-state index contributed by atoms with van der Waals surface area (Å²) in [6.45, 7) is 2.90. The van der Waals surface area contributed by atoms with Gasteiger partial charge < -0.3 is 14.6 Å². The number of hydrogen-bond acceptors (Lipinski definition) is 4. The third kappa shape index (κ3) is 1.49. The highest BCUT2D eigenvalue weighted by atomic mass is 16.7. The molecule has 0 aromatic carbocycles. The smallest absolute Gasteiger partial charge is 0.171 e. The minimum atomic E-state index is -0.744. The standard InChI is InChI=1S/C9H14O4/c1-9(12-2-3-13-9)7-4-6(10)5-8(7)11/h7-8,11H,2-5H2,1H3. The molecule has 13 heavy (non-hydrogen) atoms. The van der Waals surface area contributed by atoms with Gasteiger partial charge in [-0.1, -0.05) is 0 Å². The molecule has 4 nitrogen and oxygen atoms in total. The van der Waals surface area contributed by atoms with Crippen molar-refractivity contribution in [3.63, 3.8) is 0 Å². The van der Waals surface area contributed by atoms with Crippen LogP contribution in [0.3, 0.4) is 0 Å². The van der Waals surface area contributed by atoms with Gasteiger partial charge in [-0.3, -0.25) is 4.79 Å². The second kappa shape index (κ2) is 3.04. The fourth-order valence-electron chi connectivity index (χ4n) is 2.12. The molecular formula is C9H14O4. The molecule has 0 aromatic heterocycles. The van der Waals surface area contributed by atoms with Gasteiger partial charge in [-0.2, -0.15) is 0 Å². The van der Waals surface area contributed by atoms with E-state index in [2.05, 4.69) is 0 Å². The Balaban J connectivity index is 2.11. The van der Waals surface area contributed by atoms with Gasteiger partial charge >= 0.3 is 0 Å². The summed E-state index contributed by atoms with van der Waals surface area (Å²) >= 11 is 0. The highest BCUT2D eigenvalue weighted by molar-refractivity contribution is 5.81. The van der Waals surface area contributed by atoms with Crippen LogP contribution in [0.5, 0.6) is 0 Å². The summed E-state index contributed by atoms with van der Waals surface area (Å²) in [5, 5.41) is 9.60. The van der Waals surface area contributed by atoms with Crippen molar-refractivity contribution in [2.24, 2.45) is 5.92 Å². The van der Waals surface area contributed by atoms with Crippen LogP contribution in [0.15, 0.2) is 0 Å². The Morgan fingerprint density at radius 1 is 1.38 bits per heavy atom. The van der Waals surface area contributed by atoms with E-state index < -0.39 is 11.9 Å². The molecule has 0 aromatic rings. The van der Waals surface area contributed by atoms with Crippen molar-refractivity contribution in [3.05, 3.63) is 0 Å². The van der Waals surface area contributed by atoms with Gasteiger partial charge in [0.2, 0.25) is 0 Å². The minimum absolute atomic E-state index is 0.0952. The number of ketones is 1. The number of ether oxygens (including phenoxy) is 2. The molecule has 2 atom stereocenters. The Hall–Kier alpha value is -0.450. The Labute approximate surface area is 76.8 Å². The molecule has 1 aliphatic heterocycles. The molecule has 0 bridgehead atoms. The topological polar surface area (TPSA) is 55.8 Å². The molecule has 2 rings (SSSR count). The first-order chi connectivity index (χ1) is 6.12.